The van der Waals surface area contributed by atoms with Gasteiger partial charge >= 0.3 is 0 Å². The molecular weight excluding hydrogens is 208 g/mol. The lowest BCUT2D eigenvalue weighted by molar-refractivity contribution is 0.227. The molecule has 4 nitrogen and oxygen atoms in total. The van der Waals surface area contributed by atoms with Gasteiger partial charge < -0.3 is 9.80 Å². The van der Waals surface area contributed by atoms with Crippen LogP contribution in [0.25, 0.3) is 0 Å². The lowest BCUT2D eigenvalue weighted by atomic mass is 10.7. The van der Waals surface area contributed by atoms with E-state index in [2.05, 4.69) is 32.2 Å². The third-order valence-corrected chi connectivity index (χ3v) is 4.11. The number of hydrogen-bond acceptors (Lipinski definition) is 5. The first-order valence-corrected chi connectivity index (χ1v) is 6.36. The topological polar surface area (TPSA) is 12.3 Å². The minimum Gasteiger partial charge on any atom is -0.361 e. The Labute approximate surface area is 93.8 Å². The summed E-state index contributed by atoms with van der Waals surface area (Å²) in [6.07, 6.45) is 4.55. The molecule has 0 amide bonds. The molecule has 5 heteroatoms. The van der Waals surface area contributed by atoms with Crippen LogP contribution >= 0.6 is 11.8 Å². The van der Waals surface area contributed by atoms with Crippen LogP contribution in [0.1, 0.15) is 0 Å². The van der Waals surface area contributed by atoms with Crippen molar-refractivity contribution in [1.29, 1.82) is 0 Å². The Kier molecular flexibility index (Phi) is 1.59. The number of hydrogen-bond donors (Lipinski definition) is 0. The molecule has 0 radical (unpaired) electrons. The zero-order valence-corrected chi connectivity index (χ0v) is 9.41. The van der Waals surface area contributed by atoms with Gasteiger partial charge in [-0.15, -0.1) is 0 Å². The summed E-state index contributed by atoms with van der Waals surface area (Å²) in [5.74, 6) is 0. The molecule has 0 N–H and O–H groups in total. The van der Waals surface area contributed by atoms with Crippen molar-refractivity contribution < 1.29 is 0 Å². The van der Waals surface area contributed by atoms with Crippen molar-refractivity contribution in [3.05, 3.63) is 22.5 Å². The number of rotatable bonds is 3. The molecule has 0 aromatic heterocycles. The highest BCUT2D eigenvalue weighted by Crippen LogP contribution is 2.40. The quantitative estimate of drug-likeness (QED) is 0.642. The second-order valence-electron chi connectivity index (χ2n) is 4.34. The van der Waals surface area contributed by atoms with Crippen LogP contribution < -0.4 is 0 Å². The molecule has 0 spiro atoms. The Morgan fingerprint density at radius 2 is 1.33 bits per heavy atom. The van der Waals surface area contributed by atoms with Crippen LogP contribution in [-0.2, 0) is 0 Å². The van der Waals surface area contributed by atoms with Gasteiger partial charge in [0.2, 0.25) is 0 Å². The molecule has 0 unspecified atom stereocenters. The first-order chi connectivity index (χ1) is 7.40. The minimum absolute atomic E-state index is 1.21. The number of hydrazine groups is 1. The van der Waals surface area contributed by atoms with Gasteiger partial charge in [-0.2, -0.15) is 0 Å². The fourth-order valence-corrected chi connectivity index (χ4v) is 2.85. The molecule has 4 heterocycles. The molecule has 4 aliphatic rings. The van der Waals surface area contributed by atoms with Gasteiger partial charge in [0.25, 0.3) is 0 Å². The summed E-state index contributed by atoms with van der Waals surface area (Å²) >= 11 is 1.93. The first kappa shape index (κ1) is 8.35. The molecule has 3 fully saturated rings. The van der Waals surface area contributed by atoms with Crippen molar-refractivity contribution in [2.45, 2.75) is 0 Å². The average molecular weight is 222 g/mol. The normalized spacial score (nSPS) is 28.9. The maximum atomic E-state index is 2.43. The molecule has 0 bridgehead atoms. The van der Waals surface area contributed by atoms with Gasteiger partial charge in [-0.1, -0.05) is 11.8 Å². The summed E-state index contributed by atoms with van der Waals surface area (Å²) in [6, 6.07) is 0. The standard InChI is InChI=1S/C10H14N4S/c1-2-11(1)9-7-14(13-5-6-13)8-10(15-9)12-3-4-12/h7-8H,1-6H2. The van der Waals surface area contributed by atoms with E-state index in [1.807, 2.05) is 11.8 Å². The monoisotopic (exact) mass is 222 g/mol. The van der Waals surface area contributed by atoms with Gasteiger partial charge in [0.1, 0.15) is 0 Å². The summed E-state index contributed by atoms with van der Waals surface area (Å²) in [4.78, 5) is 4.86. The van der Waals surface area contributed by atoms with Crippen LogP contribution in [0, 0.1) is 0 Å². The smallest absolute Gasteiger partial charge is 0.0953 e. The highest BCUT2D eigenvalue weighted by atomic mass is 32.2. The summed E-state index contributed by atoms with van der Waals surface area (Å²) in [5.41, 5.74) is 0. The van der Waals surface area contributed by atoms with Gasteiger partial charge in [-0.05, 0) is 0 Å². The largest absolute Gasteiger partial charge is 0.361 e. The zero-order valence-electron chi connectivity index (χ0n) is 8.59. The zero-order chi connectivity index (χ0) is 9.83. The molecule has 0 aliphatic carbocycles. The predicted molar refractivity (Wildman–Crippen MR) is 60.3 cm³/mol. The minimum atomic E-state index is 1.21. The molecular formula is C10H14N4S. The molecule has 0 aromatic carbocycles. The fraction of sp³-hybridized carbons (Fsp3) is 0.600. The van der Waals surface area contributed by atoms with Gasteiger partial charge in [0, 0.05) is 39.3 Å². The van der Waals surface area contributed by atoms with E-state index in [0.29, 0.717) is 0 Å². The molecule has 0 atom stereocenters. The summed E-state index contributed by atoms with van der Waals surface area (Å²) in [6.45, 7) is 7.36. The van der Waals surface area contributed by atoms with Gasteiger partial charge in [-0.25, -0.2) is 5.01 Å². The van der Waals surface area contributed by atoms with E-state index in [1.165, 1.54) is 49.3 Å². The van der Waals surface area contributed by atoms with Crippen molar-refractivity contribution in [3.8, 4) is 0 Å². The Balaban J connectivity index is 1.60. The first-order valence-electron chi connectivity index (χ1n) is 5.55. The Hall–Kier alpha value is -0.810. The summed E-state index contributed by atoms with van der Waals surface area (Å²) in [5, 5.41) is 7.47. The second-order valence-corrected chi connectivity index (χ2v) is 5.39. The van der Waals surface area contributed by atoms with Crippen molar-refractivity contribution in [2.24, 2.45) is 0 Å². The molecule has 4 rings (SSSR count). The lowest BCUT2D eigenvalue weighted by Gasteiger charge is -2.26. The SMILES string of the molecule is C1=C(N2CC2)SC(N2CC2)=CN1N1CC1. The van der Waals surface area contributed by atoms with E-state index in [1.54, 1.807) is 0 Å². The average Bonchev–Trinajstić information content (AvgIpc) is 3.20. The maximum absolute atomic E-state index is 2.43. The number of thioether (sulfide) groups is 1. The Morgan fingerprint density at radius 3 is 1.73 bits per heavy atom. The van der Waals surface area contributed by atoms with Gasteiger partial charge in [-0.3, -0.25) is 5.01 Å². The summed E-state index contributed by atoms with van der Waals surface area (Å²) < 4.78 is 0. The van der Waals surface area contributed by atoms with E-state index in [0.717, 1.165) is 0 Å². The molecule has 80 valence electrons. The molecule has 4 aliphatic heterocycles. The lowest BCUT2D eigenvalue weighted by Crippen LogP contribution is -2.22. The molecule has 0 saturated carbocycles. The van der Waals surface area contributed by atoms with Crippen LogP contribution in [0.3, 0.4) is 0 Å². The predicted octanol–water partition coefficient (Wildman–Crippen LogP) is 0.495. The van der Waals surface area contributed by atoms with E-state index in [4.69, 9.17) is 0 Å². The highest BCUT2D eigenvalue weighted by molar-refractivity contribution is 8.06. The van der Waals surface area contributed by atoms with Crippen LogP contribution in [0.2, 0.25) is 0 Å². The Bertz CT molecular complexity index is 324. The van der Waals surface area contributed by atoms with Gasteiger partial charge in [0.05, 0.1) is 22.5 Å². The Morgan fingerprint density at radius 1 is 0.800 bits per heavy atom. The van der Waals surface area contributed by atoms with Crippen LogP contribution in [0.4, 0.5) is 0 Å². The van der Waals surface area contributed by atoms with Crippen LogP contribution in [0.5, 0.6) is 0 Å². The van der Waals surface area contributed by atoms with E-state index in [9.17, 15) is 0 Å². The van der Waals surface area contributed by atoms with E-state index in [-0.39, 0.29) is 0 Å². The summed E-state index contributed by atoms with van der Waals surface area (Å²) in [7, 11) is 0. The van der Waals surface area contributed by atoms with E-state index < -0.39 is 0 Å². The molecule has 15 heavy (non-hydrogen) atoms. The third-order valence-electron chi connectivity index (χ3n) is 2.96. The third kappa shape index (κ3) is 1.59. The molecule has 3 saturated heterocycles. The van der Waals surface area contributed by atoms with Crippen LogP contribution in [0.15, 0.2) is 22.5 Å². The maximum Gasteiger partial charge on any atom is 0.0953 e. The highest BCUT2D eigenvalue weighted by Gasteiger charge is 2.33. The van der Waals surface area contributed by atoms with Crippen molar-refractivity contribution in [1.82, 2.24) is 19.8 Å². The van der Waals surface area contributed by atoms with Crippen molar-refractivity contribution in [3.63, 3.8) is 0 Å². The van der Waals surface area contributed by atoms with Crippen molar-refractivity contribution in [2.75, 3.05) is 39.3 Å². The van der Waals surface area contributed by atoms with Crippen molar-refractivity contribution >= 4 is 11.8 Å². The van der Waals surface area contributed by atoms with Crippen LogP contribution in [-0.4, -0.2) is 59.1 Å². The molecule has 0 aromatic rings. The second kappa shape index (κ2) is 2.86. The number of nitrogens with zero attached hydrogens (tertiary/aromatic N) is 4. The fourth-order valence-electron chi connectivity index (χ4n) is 1.70. The van der Waals surface area contributed by atoms with E-state index >= 15 is 0 Å². The van der Waals surface area contributed by atoms with Gasteiger partial charge in [0.15, 0.2) is 0 Å².